The van der Waals surface area contributed by atoms with Crippen LogP contribution in [-0.2, 0) is 81.3 Å². The molecule has 1 fully saturated rings. The number of aliphatic imine (C=N–C) groups is 1. The van der Waals surface area contributed by atoms with Crippen LogP contribution < -0.4 is 85.6 Å². The number of hydrogen-bond acceptors (Lipinski definition) is 25. The van der Waals surface area contributed by atoms with Crippen LogP contribution >= 0.6 is 0 Å². The quantitative estimate of drug-likeness (QED) is 0.0105. The van der Waals surface area contributed by atoms with E-state index in [1.165, 1.54) is 107 Å². The van der Waals surface area contributed by atoms with Gasteiger partial charge in [-0.25, -0.2) is 24.0 Å². The molecule has 0 aliphatic carbocycles. The van der Waals surface area contributed by atoms with Gasteiger partial charge in [0.05, 0.1) is 50.1 Å². The smallest absolute Gasteiger partial charge is 0.490 e. The molecule has 124 heavy (non-hydrogen) atoms. The van der Waals surface area contributed by atoms with Gasteiger partial charge in [0.25, 0.3) is 5.91 Å². The Hall–Kier alpha value is -12.5. The van der Waals surface area contributed by atoms with Gasteiger partial charge in [-0.1, -0.05) is 118 Å². The third kappa shape index (κ3) is 37.1. The average Bonchev–Trinajstić information content (AvgIpc) is 0.812. The summed E-state index contributed by atoms with van der Waals surface area (Å²) in [5.74, 6) is -25.9. The van der Waals surface area contributed by atoms with E-state index in [9.17, 15) is 79.7 Å². The third-order valence-electron chi connectivity index (χ3n) is 18.0. The van der Waals surface area contributed by atoms with Crippen molar-refractivity contribution in [3.8, 4) is 11.5 Å². The lowest BCUT2D eigenvalue weighted by molar-refractivity contribution is -0.193. The maximum absolute atomic E-state index is 15.9. The first-order chi connectivity index (χ1) is 57.7. The van der Waals surface area contributed by atoms with Crippen LogP contribution in [0.1, 0.15) is 147 Å². The van der Waals surface area contributed by atoms with Crippen molar-refractivity contribution in [3.63, 3.8) is 0 Å². The second-order valence-corrected chi connectivity index (χ2v) is 29.9. The molecular weight excluding hydrogens is 1660 g/mol. The second kappa shape index (κ2) is 51.4. The molecule has 0 radical (unpaired) electrons. The highest BCUT2D eigenvalue weighted by molar-refractivity contribution is 6.02. The van der Waals surface area contributed by atoms with Crippen molar-refractivity contribution < 1.29 is 147 Å². The number of rotatable bonds is 29. The van der Waals surface area contributed by atoms with Crippen molar-refractivity contribution in [2.45, 2.75) is 212 Å². The summed E-state index contributed by atoms with van der Waals surface area (Å²) in [5, 5.41) is 62.0. The molecule has 3 aromatic carbocycles. The van der Waals surface area contributed by atoms with E-state index in [0.717, 1.165) is 6.92 Å². The zero-order chi connectivity index (χ0) is 94.5. The predicted octanol–water partition coefficient (Wildman–Crippen LogP) is -0.421. The number of benzene rings is 3. The molecule has 4 rings (SSSR count). The lowest BCUT2D eigenvalue weighted by atomic mass is 9.95. The molecule has 0 unspecified atom stereocenters. The van der Waals surface area contributed by atoms with Gasteiger partial charge < -0.3 is 120 Å². The number of esters is 3. The first-order valence-electron chi connectivity index (χ1n) is 38.7. The summed E-state index contributed by atoms with van der Waals surface area (Å²) < 4.78 is 91.4. The van der Waals surface area contributed by atoms with Gasteiger partial charge in [0.2, 0.25) is 65.2 Å². The van der Waals surface area contributed by atoms with E-state index < -0.39 is 223 Å². The van der Waals surface area contributed by atoms with Crippen molar-refractivity contribution in [2.24, 2.45) is 57.5 Å². The number of aliphatic hydroxyl groups is 2. The molecule has 0 aromatic heterocycles. The van der Waals surface area contributed by atoms with Crippen LogP contribution in [0.2, 0.25) is 0 Å². The number of halogens is 6. The monoisotopic (exact) mass is 1770 g/mol. The number of alkyl halides is 6. The number of guanidine groups is 1. The molecule has 3 aromatic rings. The normalized spacial score (nSPS) is 20.9. The molecule has 22 N–H and O–H groups in total. The Labute approximate surface area is 709 Å². The van der Waals surface area contributed by atoms with E-state index >= 15 is 24.0 Å². The fourth-order valence-electron chi connectivity index (χ4n) is 11.3. The van der Waals surface area contributed by atoms with E-state index in [2.05, 4.69) is 58.2 Å². The molecule has 0 spiro atoms. The summed E-state index contributed by atoms with van der Waals surface area (Å²) in [5.41, 5.74) is 22.8. The Balaban J connectivity index is 0.00000341. The number of carboxylic acids is 2. The number of carbonyl (C=O) groups is 16. The number of carbonyl (C=O) groups excluding carboxylic acids is 14. The van der Waals surface area contributed by atoms with E-state index in [1.54, 1.807) is 41.5 Å². The summed E-state index contributed by atoms with van der Waals surface area (Å²) in [6, 6.07) is -1.17. The third-order valence-corrected chi connectivity index (χ3v) is 18.0. The predicted molar refractivity (Wildman–Crippen MR) is 426 cm³/mol. The Morgan fingerprint density at radius 3 is 1.56 bits per heavy atom. The van der Waals surface area contributed by atoms with Gasteiger partial charge in [-0.05, 0) is 111 Å². The van der Waals surface area contributed by atoms with Crippen LogP contribution in [0, 0.1) is 29.6 Å². The van der Waals surface area contributed by atoms with E-state index in [0.29, 0.717) is 0 Å². The van der Waals surface area contributed by atoms with Gasteiger partial charge >= 0.3 is 42.2 Å². The Morgan fingerprint density at radius 2 is 1.07 bits per heavy atom. The summed E-state index contributed by atoms with van der Waals surface area (Å²) >= 11 is 0. The van der Waals surface area contributed by atoms with Crippen LogP contribution in [0.15, 0.2) is 83.9 Å². The maximum atomic E-state index is 15.9. The minimum absolute atomic E-state index is 0.0128. The highest BCUT2D eigenvalue weighted by Crippen LogP contribution is 2.27. The number of carboxylic acid groups (broad SMARTS) is 2. The van der Waals surface area contributed by atoms with Crippen molar-refractivity contribution >= 4 is 101 Å². The first kappa shape index (κ1) is 108. The highest BCUT2D eigenvalue weighted by atomic mass is 19.4. The van der Waals surface area contributed by atoms with Gasteiger partial charge in [-0.15, -0.1) is 0 Å². The molecule has 1 aliphatic rings. The molecular formula is C78H111F6N15O25. The SMILES string of the molecule is CC[C@H](C)[C@@H]1NC(=O)[C@@H](CCCN=C(N)N)NC(=O)[C@H](CC(C)C)NC(=O)[C@H]([C@H](O)C(C)C)NC(=O)[C@@H](NC(=O)[C@H](CC(C)C)NC(=O)[C@H](N)CC(C)C)[C@@H](c2ccccc2)OC(=O)[C@H](COC(=O)c2cccc(OC)c2)NC(=O)[C@H]([C@H](OC(=O)c2cccc(OC)c2)C(N)=O)NC(=O)CNC(=O)[C@H]([C@H](C)O)NC1=O.O=C(O)C(F)(F)F.O=C(O)C(F)(F)F. The second-order valence-electron chi connectivity index (χ2n) is 29.9. The molecule has 0 saturated carbocycles. The lowest BCUT2D eigenvalue weighted by Gasteiger charge is -2.34. The van der Waals surface area contributed by atoms with E-state index in [4.69, 9.17) is 66.4 Å². The standard InChI is InChI=1S/C74H109N15O21.2C2HF3O2/c1-14-40(10)53-67(99)87-54(41(11)90)66(98)80-34-52(91)85-57(60(61(76)93)110-72(104)44-24-19-26-46(33-44)107-13)69(101)84-51(35-108-71(103)43-23-18-25-45(32-43)106-12)73(105)109-59(42-21-16-15-17-22-42)56(89-65(97)50(31-38(6)7)82-62(94)47(75)29-36(2)3)70(102)88-55(58(92)39(8)9)68(100)83-49(30-37(4)5)64(96)81-48(63(95)86-53)27-20-28-79-74(77)78;2*3-2(4,5)1(6)7/h15-19,21-26,32-33,36-41,47-51,53-60,90,92H,14,20,27-31,34-35,75H2,1-13H3,(H2,76,93)(H,80,98)(H,81,96)(H,82,94)(H,83,100)(H,84,101)(H,85,91)(H,86,95)(H,87,99)(H,88,102)(H,89,97)(H4,77,78,79);2*(H,6,7)/t40-,41-,47+,48+,49-,50-,51-,53-,54-,55-,56-,57-,58+,59+,60-;;/m0../s1. The van der Waals surface area contributed by atoms with Crippen LogP contribution in [0.4, 0.5) is 26.3 Å². The molecule has 46 heteroatoms. The lowest BCUT2D eigenvalue weighted by Crippen LogP contribution is -2.64. The molecule has 15 atom stereocenters. The van der Waals surface area contributed by atoms with Crippen LogP contribution in [-0.4, -0.2) is 246 Å². The Bertz CT molecular complexity index is 4150. The number of ether oxygens (including phenoxy) is 5. The Morgan fingerprint density at radius 1 is 0.581 bits per heavy atom. The molecule has 40 nitrogen and oxygen atoms in total. The molecule has 690 valence electrons. The Kier molecular flexibility index (Phi) is 44.6. The van der Waals surface area contributed by atoms with Crippen molar-refractivity contribution in [1.29, 1.82) is 0 Å². The number of nitrogens with zero attached hydrogens (tertiary/aromatic N) is 1. The summed E-state index contributed by atoms with van der Waals surface area (Å²) in [6.07, 6.45) is -18.8. The molecule has 1 saturated heterocycles. The highest BCUT2D eigenvalue weighted by Gasteiger charge is 2.46. The van der Waals surface area contributed by atoms with Crippen LogP contribution in [0.5, 0.6) is 11.5 Å². The topological polar surface area (TPSA) is 637 Å². The number of primary amides is 1. The van der Waals surface area contributed by atoms with Gasteiger partial charge in [0.15, 0.2) is 24.1 Å². The number of methoxy groups -OCH3 is 2. The number of amides is 11. The fourth-order valence-corrected chi connectivity index (χ4v) is 11.3. The molecule has 1 heterocycles. The number of hydrogen-bond donors (Lipinski definition) is 18. The van der Waals surface area contributed by atoms with Gasteiger partial charge in [-0.3, -0.25) is 57.7 Å². The molecule has 1 aliphatic heterocycles. The molecule has 11 amide bonds. The summed E-state index contributed by atoms with van der Waals surface area (Å²) in [7, 11) is 2.57. The summed E-state index contributed by atoms with van der Waals surface area (Å²) in [6.45, 7) is 15.1. The number of aliphatic carboxylic acids is 2. The number of nitrogens with two attached hydrogens (primary N) is 4. The summed E-state index contributed by atoms with van der Waals surface area (Å²) in [4.78, 5) is 227. The molecule has 0 bridgehead atoms. The van der Waals surface area contributed by atoms with Crippen molar-refractivity contribution in [3.05, 3.63) is 95.6 Å². The number of aliphatic hydroxyl groups excluding tert-OH is 2. The van der Waals surface area contributed by atoms with Crippen LogP contribution in [0.3, 0.4) is 0 Å². The van der Waals surface area contributed by atoms with Gasteiger partial charge in [0, 0.05) is 6.54 Å². The zero-order valence-electron chi connectivity index (χ0n) is 70.2. The minimum atomic E-state index is -5.08. The van der Waals surface area contributed by atoms with Gasteiger partial charge in [0.1, 0.15) is 60.4 Å². The van der Waals surface area contributed by atoms with Crippen molar-refractivity contribution in [2.75, 3.05) is 33.9 Å². The maximum Gasteiger partial charge on any atom is 0.490 e. The fraction of sp³-hybridized carbons (Fsp3) is 0.551. The first-order valence-corrected chi connectivity index (χ1v) is 38.7. The largest absolute Gasteiger partial charge is 0.497 e. The van der Waals surface area contributed by atoms with E-state index in [-0.39, 0.29) is 91.1 Å². The number of cyclic esters (lactones) is 1. The zero-order valence-corrected chi connectivity index (χ0v) is 70.2. The van der Waals surface area contributed by atoms with Crippen LogP contribution in [0.25, 0.3) is 0 Å². The minimum Gasteiger partial charge on any atom is -0.497 e. The van der Waals surface area contributed by atoms with Gasteiger partial charge in [-0.2, -0.15) is 26.3 Å². The van der Waals surface area contributed by atoms with Crippen molar-refractivity contribution in [1.82, 2.24) is 53.2 Å². The van der Waals surface area contributed by atoms with E-state index in [1.807, 2.05) is 13.8 Å². The average molecular weight is 1770 g/mol. The number of nitrogens with one attached hydrogen (secondary N) is 10.